The van der Waals surface area contributed by atoms with E-state index < -0.39 is 0 Å². The van der Waals surface area contributed by atoms with Crippen LogP contribution in [0.15, 0.2) is 23.7 Å². The van der Waals surface area contributed by atoms with Crippen LogP contribution in [0.3, 0.4) is 0 Å². The van der Waals surface area contributed by atoms with Crippen molar-refractivity contribution >= 4 is 0 Å². The van der Waals surface area contributed by atoms with Gasteiger partial charge in [0.2, 0.25) is 0 Å². The lowest BCUT2D eigenvalue weighted by Gasteiger charge is -2.27. The molecule has 0 bridgehead atoms. The molecule has 2 fully saturated rings. The first kappa shape index (κ1) is 11.0. The van der Waals surface area contributed by atoms with Gasteiger partial charge in [0.25, 0.3) is 0 Å². The Morgan fingerprint density at radius 3 is 3.12 bits per heavy atom. The summed E-state index contributed by atoms with van der Waals surface area (Å²) < 4.78 is 0. The van der Waals surface area contributed by atoms with Crippen molar-refractivity contribution in [1.82, 2.24) is 20.9 Å². The van der Waals surface area contributed by atoms with Crippen LogP contribution in [0, 0.1) is 5.92 Å². The van der Waals surface area contributed by atoms with E-state index in [1.54, 1.807) is 0 Å². The Hall–Kier alpha value is -1.16. The van der Waals surface area contributed by atoms with E-state index in [-0.39, 0.29) is 0 Å². The first-order valence-corrected chi connectivity index (χ1v) is 6.75. The monoisotopic (exact) mass is 234 g/mol. The minimum absolute atomic E-state index is 0.815. The van der Waals surface area contributed by atoms with Crippen molar-refractivity contribution in [3.63, 3.8) is 0 Å². The van der Waals surface area contributed by atoms with E-state index in [0.29, 0.717) is 0 Å². The zero-order chi connectivity index (χ0) is 11.5. The molecule has 0 aliphatic carbocycles. The quantitative estimate of drug-likeness (QED) is 0.561. The maximum absolute atomic E-state index is 3.35. The first-order chi connectivity index (χ1) is 8.43. The van der Waals surface area contributed by atoms with E-state index in [9.17, 15) is 0 Å². The molecule has 0 aromatic carbocycles. The Morgan fingerprint density at radius 2 is 2.24 bits per heavy atom. The summed E-state index contributed by atoms with van der Waals surface area (Å²) in [6.07, 6.45) is 7.01. The van der Waals surface area contributed by atoms with Crippen LogP contribution >= 0.6 is 0 Å². The lowest BCUT2D eigenvalue weighted by molar-refractivity contribution is 0.329. The fourth-order valence-corrected chi connectivity index (χ4v) is 2.91. The van der Waals surface area contributed by atoms with E-state index in [1.807, 2.05) is 0 Å². The molecule has 2 saturated heterocycles. The molecule has 0 amide bonds. The van der Waals surface area contributed by atoms with Gasteiger partial charge in [0.15, 0.2) is 0 Å². The van der Waals surface area contributed by atoms with Crippen LogP contribution in [0.25, 0.3) is 0 Å². The smallest absolute Gasteiger partial charge is 0.0353 e. The number of nitrogens with zero attached hydrogens (tertiary/aromatic N) is 1. The molecule has 4 rings (SSSR count). The van der Waals surface area contributed by atoms with Gasteiger partial charge in [-0.1, -0.05) is 6.08 Å². The lowest BCUT2D eigenvalue weighted by Crippen LogP contribution is -2.39. The average molecular weight is 234 g/mol. The summed E-state index contributed by atoms with van der Waals surface area (Å²) >= 11 is 0. The van der Waals surface area contributed by atoms with Crippen molar-refractivity contribution in [3.05, 3.63) is 23.7 Å². The van der Waals surface area contributed by atoms with Crippen molar-refractivity contribution < 1.29 is 0 Å². The highest BCUT2D eigenvalue weighted by atomic mass is 15.2. The zero-order valence-electron chi connectivity index (χ0n) is 10.3. The SMILES string of the molecule is C1=C2CNCCN2CC1.C1=C2NCCC2CN1. The van der Waals surface area contributed by atoms with Crippen LogP contribution < -0.4 is 16.0 Å². The second kappa shape index (κ2) is 5.00. The molecule has 0 aromatic heterocycles. The lowest BCUT2D eigenvalue weighted by atomic mass is 10.1. The minimum Gasteiger partial charge on any atom is -0.389 e. The zero-order valence-corrected chi connectivity index (χ0v) is 10.3. The van der Waals surface area contributed by atoms with E-state index >= 15 is 0 Å². The van der Waals surface area contributed by atoms with Gasteiger partial charge in [0.05, 0.1) is 0 Å². The largest absolute Gasteiger partial charge is 0.389 e. The fraction of sp³-hybridized carbons (Fsp3) is 0.692. The summed E-state index contributed by atoms with van der Waals surface area (Å²) in [6, 6.07) is 0. The summed E-state index contributed by atoms with van der Waals surface area (Å²) in [7, 11) is 0. The molecule has 3 N–H and O–H groups in total. The Morgan fingerprint density at radius 1 is 1.24 bits per heavy atom. The third-order valence-electron chi connectivity index (χ3n) is 3.93. The summed E-state index contributed by atoms with van der Waals surface area (Å²) in [4.78, 5) is 2.47. The van der Waals surface area contributed by atoms with Crippen LogP contribution in [-0.4, -0.2) is 44.2 Å². The second-order valence-corrected chi connectivity index (χ2v) is 5.07. The predicted octanol–water partition coefficient (Wildman–Crippen LogP) is 0.220. The molecule has 0 radical (unpaired) electrons. The summed E-state index contributed by atoms with van der Waals surface area (Å²) in [5.74, 6) is 0.815. The number of hydrogen-bond acceptors (Lipinski definition) is 4. The number of rotatable bonds is 0. The Balaban J connectivity index is 0.000000107. The second-order valence-electron chi connectivity index (χ2n) is 5.07. The van der Waals surface area contributed by atoms with Gasteiger partial charge in [0.1, 0.15) is 0 Å². The Bertz CT molecular complexity index is 334. The number of piperazine rings is 1. The topological polar surface area (TPSA) is 39.3 Å². The number of nitrogens with one attached hydrogen (secondary N) is 3. The molecule has 4 aliphatic rings. The number of hydrogen-bond donors (Lipinski definition) is 3. The third-order valence-corrected chi connectivity index (χ3v) is 3.93. The van der Waals surface area contributed by atoms with E-state index in [4.69, 9.17) is 0 Å². The van der Waals surface area contributed by atoms with Crippen LogP contribution in [0.2, 0.25) is 0 Å². The van der Waals surface area contributed by atoms with Crippen molar-refractivity contribution in [2.24, 2.45) is 5.92 Å². The van der Waals surface area contributed by atoms with E-state index in [1.165, 1.54) is 43.9 Å². The van der Waals surface area contributed by atoms with Gasteiger partial charge in [-0.25, -0.2) is 0 Å². The standard InChI is InChI=1S/C7H12N2.C6H10N2/c1-2-7-6-8-3-5-9(7)4-1;1-2-8-6-4-7-3-5(1)6/h2,8H,1,3-6H2;4-5,7-8H,1-3H2. The molecule has 4 aliphatic heterocycles. The average Bonchev–Trinajstić information content (AvgIpc) is 3.06. The first-order valence-electron chi connectivity index (χ1n) is 6.75. The molecule has 4 heterocycles. The molecule has 1 unspecified atom stereocenters. The van der Waals surface area contributed by atoms with Crippen LogP contribution in [-0.2, 0) is 0 Å². The predicted molar refractivity (Wildman–Crippen MR) is 69.3 cm³/mol. The normalized spacial score (nSPS) is 29.2. The molecular weight excluding hydrogens is 212 g/mol. The highest BCUT2D eigenvalue weighted by Crippen LogP contribution is 2.20. The van der Waals surface area contributed by atoms with Gasteiger partial charge in [-0.15, -0.1) is 0 Å². The Labute approximate surface area is 103 Å². The van der Waals surface area contributed by atoms with Gasteiger partial charge in [-0.2, -0.15) is 0 Å². The summed E-state index contributed by atoms with van der Waals surface area (Å²) in [6.45, 7) is 7.07. The summed E-state index contributed by atoms with van der Waals surface area (Å²) in [5, 5.41) is 9.86. The van der Waals surface area contributed by atoms with Gasteiger partial charge in [-0.3, -0.25) is 0 Å². The maximum atomic E-state index is 3.35. The van der Waals surface area contributed by atoms with Crippen molar-refractivity contribution in [2.75, 3.05) is 39.3 Å². The minimum atomic E-state index is 0.815. The molecule has 17 heavy (non-hydrogen) atoms. The van der Waals surface area contributed by atoms with Crippen LogP contribution in [0.5, 0.6) is 0 Å². The van der Waals surface area contributed by atoms with Crippen LogP contribution in [0.1, 0.15) is 12.8 Å². The molecule has 0 spiro atoms. The fourth-order valence-electron chi connectivity index (χ4n) is 2.91. The molecular formula is C13H22N4. The Kier molecular flexibility index (Phi) is 3.22. The van der Waals surface area contributed by atoms with Crippen molar-refractivity contribution in [2.45, 2.75) is 12.8 Å². The molecule has 0 saturated carbocycles. The van der Waals surface area contributed by atoms with E-state index in [2.05, 4.69) is 33.1 Å². The third kappa shape index (κ3) is 2.41. The maximum Gasteiger partial charge on any atom is 0.0353 e. The van der Waals surface area contributed by atoms with Crippen molar-refractivity contribution in [3.8, 4) is 0 Å². The molecule has 1 atom stereocenters. The van der Waals surface area contributed by atoms with Gasteiger partial charge >= 0.3 is 0 Å². The number of fused-ring (bicyclic) bond motifs is 2. The summed E-state index contributed by atoms with van der Waals surface area (Å²) in [5.41, 5.74) is 2.94. The van der Waals surface area contributed by atoms with Gasteiger partial charge in [-0.05, 0) is 12.8 Å². The van der Waals surface area contributed by atoms with Crippen molar-refractivity contribution in [1.29, 1.82) is 0 Å². The highest BCUT2D eigenvalue weighted by Gasteiger charge is 2.23. The molecule has 94 valence electrons. The van der Waals surface area contributed by atoms with Crippen LogP contribution in [0.4, 0.5) is 0 Å². The highest BCUT2D eigenvalue weighted by molar-refractivity contribution is 5.14. The van der Waals surface area contributed by atoms with Gasteiger partial charge in [0, 0.05) is 62.8 Å². The molecule has 4 heteroatoms. The van der Waals surface area contributed by atoms with E-state index in [0.717, 1.165) is 25.6 Å². The molecule has 0 aromatic rings. The molecule has 4 nitrogen and oxygen atoms in total. The van der Waals surface area contributed by atoms with Gasteiger partial charge < -0.3 is 20.9 Å².